The summed E-state index contributed by atoms with van der Waals surface area (Å²) in [5.41, 5.74) is 2.54. The molecule has 0 N–H and O–H groups in total. The molecule has 148 valence electrons. The van der Waals surface area contributed by atoms with E-state index >= 15 is 0 Å². The number of amides is 2. The predicted octanol–water partition coefficient (Wildman–Crippen LogP) is 5.58. The molecule has 5 rings (SSSR count). The van der Waals surface area contributed by atoms with Gasteiger partial charge >= 0.3 is 0 Å². The number of imide groups is 1. The van der Waals surface area contributed by atoms with Gasteiger partial charge in [0.05, 0.1) is 22.5 Å². The Morgan fingerprint density at radius 3 is 1.50 bits per heavy atom. The first-order valence-electron chi connectivity index (χ1n) is 10.1. The summed E-state index contributed by atoms with van der Waals surface area (Å²) >= 11 is 6.38. The predicted molar refractivity (Wildman–Crippen MR) is 118 cm³/mol. The highest BCUT2D eigenvalue weighted by molar-refractivity contribution is 6.36. The molecule has 3 aromatic carbocycles. The first-order valence-corrected chi connectivity index (χ1v) is 10.4. The number of carbonyl (C=O) groups excluding carboxylic acids is 2. The van der Waals surface area contributed by atoms with Crippen molar-refractivity contribution in [1.29, 1.82) is 0 Å². The highest BCUT2D eigenvalue weighted by Gasteiger charge is 2.55. The fourth-order valence-corrected chi connectivity index (χ4v) is 5.02. The van der Waals surface area contributed by atoms with E-state index in [1.54, 1.807) is 24.3 Å². The van der Waals surface area contributed by atoms with Gasteiger partial charge in [0.25, 0.3) is 0 Å². The van der Waals surface area contributed by atoms with Gasteiger partial charge in [-0.25, -0.2) is 4.90 Å². The van der Waals surface area contributed by atoms with E-state index in [1.165, 1.54) is 4.90 Å². The van der Waals surface area contributed by atoms with Crippen LogP contribution in [0.25, 0.3) is 0 Å². The number of rotatable bonds is 3. The number of allylic oxidation sites excluding steroid dienone is 2. The zero-order valence-electron chi connectivity index (χ0n) is 16.2. The maximum absolute atomic E-state index is 13.7. The summed E-state index contributed by atoms with van der Waals surface area (Å²) in [6, 6.07) is 26.9. The monoisotopic (exact) mass is 413 g/mol. The van der Waals surface area contributed by atoms with Crippen molar-refractivity contribution in [1.82, 2.24) is 0 Å². The van der Waals surface area contributed by atoms with E-state index in [9.17, 15) is 9.59 Å². The van der Waals surface area contributed by atoms with Crippen molar-refractivity contribution in [2.24, 2.45) is 11.8 Å². The molecule has 3 aromatic rings. The van der Waals surface area contributed by atoms with Gasteiger partial charge in [-0.1, -0.05) is 96.5 Å². The van der Waals surface area contributed by atoms with Gasteiger partial charge in [0.2, 0.25) is 11.8 Å². The molecule has 3 nitrogen and oxygen atoms in total. The van der Waals surface area contributed by atoms with Crippen LogP contribution < -0.4 is 4.90 Å². The van der Waals surface area contributed by atoms with Crippen molar-refractivity contribution < 1.29 is 9.59 Å². The summed E-state index contributed by atoms with van der Waals surface area (Å²) in [7, 11) is 0. The van der Waals surface area contributed by atoms with E-state index < -0.39 is 11.8 Å². The largest absolute Gasteiger partial charge is 0.274 e. The van der Waals surface area contributed by atoms with Crippen LogP contribution in [0, 0.1) is 11.8 Å². The minimum atomic E-state index is -0.466. The lowest BCUT2D eigenvalue weighted by Gasteiger charge is -2.32. The molecule has 1 saturated heterocycles. The van der Waals surface area contributed by atoms with Gasteiger partial charge < -0.3 is 0 Å². The molecule has 2 aliphatic rings. The first-order chi connectivity index (χ1) is 14.7. The van der Waals surface area contributed by atoms with E-state index in [1.807, 2.05) is 60.7 Å². The second-order valence-electron chi connectivity index (χ2n) is 7.77. The molecule has 4 heteroatoms. The number of carbonyl (C=O) groups is 2. The van der Waals surface area contributed by atoms with Crippen LogP contribution >= 0.6 is 11.6 Å². The molecule has 0 saturated carbocycles. The molecule has 0 spiro atoms. The highest BCUT2D eigenvalue weighted by Crippen LogP contribution is 2.50. The van der Waals surface area contributed by atoms with Crippen molar-refractivity contribution >= 4 is 29.1 Å². The smallest absolute Gasteiger partial charge is 0.238 e. The van der Waals surface area contributed by atoms with Gasteiger partial charge in [0.1, 0.15) is 0 Å². The Bertz CT molecular complexity index is 1060. The van der Waals surface area contributed by atoms with Crippen LogP contribution in [-0.2, 0) is 9.59 Å². The lowest BCUT2D eigenvalue weighted by atomic mass is 9.68. The number of para-hydroxylation sites is 1. The lowest BCUT2D eigenvalue weighted by molar-refractivity contribution is -0.122. The van der Waals surface area contributed by atoms with Crippen LogP contribution in [0.1, 0.15) is 23.0 Å². The molecular weight excluding hydrogens is 394 g/mol. The number of fused-ring (bicyclic) bond motifs is 1. The zero-order chi connectivity index (χ0) is 20.7. The molecule has 0 unspecified atom stereocenters. The Labute approximate surface area is 180 Å². The van der Waals surface area contributed by atoms with Crippen molar-refractivity contribution in [2.45, 2.75) is 11.8 Å². The van der Waals surface area contributed by atoms with Crippen molar-refractivity contribution in [3.63, 3.8) is 0 Å². The molecule has 0 radical (unpaired) electrons. The van der Waals surface area contributed by atoms with E-state index in [2.05, 4.69) is 12.2 Å². The highest BCUT2D eigenvalue weighted by atomic mass is 35.5. The summed E-state index contributed by atoms with van der Waals surface area (Å²) in [5, 5.41) is 0.401. The summed E-state index contributed by atoms with van der Waals surface area (Å²) in [5.74, 6) is -1.60. The maximum atomic E-state index is 13.7. The van der Waals surface area contributed by atoms with Gasteiger partial charge in [-0.15, -0.1) is 0 Å². The van der Waals surface area contributed by atoms with E-state index in [0.717, 1.165) is 11.1 Å². The maximum Gasteiger partial charge on any atom is 0.238 e. The van der Waals surface area contributed by atoms with Crippen LogP contribution in [0.3, 0.4) is 0 Å². The number of hydrogen-bond donors (Lipinski definition) is 0. The zero-order valence-corrected chi connectivity index (χ0v) is 16.9. The van der Waals surface area contributed by atoms with Gasteiger partial charge in [-0.2, -0.15) is 0 Å². The lowest BCUT2D eigenvalue weighted by Crippen LogP contribution is -2.31. The van der Waals surface area contributed by atoms with Crippen LogP contribution in [0.5, 0.6) is 0 Å². The first kappa shape index (κ1) is 18.8. The number of anilines is 1. The van der Waals surface area contributed by atoms with Crippen molar-refractivity contribution in [3.8, 4) is 0 Å². The molecule has 0 aromatic heterocycles. The van der Waals surface area contributed by atoms with E-state index in [-0.39, 0.29) is 23.7 Å². The van der Waals surface area contributed by atoms with Gasteiger partial charge in [-0.3, -0.25) is 9.59 Å². The SMILES string of the molecule is O=C1[C@@H]2[C@H](C(=O)N1c1ccccc1Cl)[C@H](c1ccccc1)C=C[C@H]2c1ccccc1. The molecule has 0 bridgehead atoms. The minimum Gasteiger partial charge on any atom is -0.274 e. The summed E-state index contributed by atoms with van der Waals surface area (Å²) in [6.07, 6.45) is 4.19. The molecule has 1 aliphatic heterocycles. The average molecular weight is 414 g/mol. The Morgan fingerprint density at radius 2 is 1.03 bits per heavy atom. The Balaban J connectivity index is 1.65. The molecule has 1 fully saturated rings. The fraction of sp³-hybridized carbons (Fsp3) is 0.154. The third-order valence-electron chi connectivity index (χ3n) is 6.16. The summed E-state index contributed by atoms with van der Waals surface area (Å²) in [4.78, 5) is 28.7. The topological polar surface area (TPSA) is 37.4 Å². The van der Waals surface area contributed by atoms with E-state index in [4.69, 9.17) is 11.6 Å². The van der Waals surface area contributed by atoms with Gasteiger partial charge in [-0.05, 0) is 23.3 Å². The van der Waals surface area contributed by atoms with Crippen LogP contribution in [0.2, 0.25) is 5.02 Å². The molecule has 1 heterocycles. The number of halogens is 1. The third-order valence-corrected chi connectivity index (χ3v) is 6.48. The Morgan fingerprint density at radius 1 is 0.600 bits per heavy atom. The molecule has 1 aliphatic carbocycles. The van der Waals surface area contributed by atoms with Gasteiger partial charge in [0.15, 0.2) is 0 Å². The van der Waals surface area contributed by atoms with Crippen molar-refractivity contribution in [2.75, 3.05) is 4.90 Å². The number of benzene rings is 3. The van der Waals surface area contributed by atoms with Crippen LogP contribution in [0.4, 0.5) is 5.69 Å². The van der Waals surface area contributed by atoms with Crippen LogP contribution in [-0.4, -0.2) is 11.8 Å². The van der Waals surface area contributed by atoms with Crippen LogP contribution in [0.15, 0.2) is 97.1 Å². The molecular formula is C26H20ClNO2. The minimum absolute atomic E-state index is 0.153. The quantitative estimate of drug-likeness (QED) is 0.415. The molecule has 2 amide bonds. The standard InChI is InChI=1S/C26H20ClNO2/c27-21-13-7-8-14-22(21)28-25(29)23-19(17-9-3-1-4-10-17)15-16-20(24(23)26(28)30)18-11-5-2-6-12-18/h1-16,19-20,23-24H/t19-,20-,23-,24+/m0/s1. The Hall–Kier alpha value is -3.17. The molecule has 4 atom stereocenters. The van der Waals surface area contributed by atoms with Gasteiger partial charge in [0, 0.05) is 11.8 Å². The average Bonchev–Trinajstić information content (AvgIpc) is 3.06. The Kier molecular flexibility index (Phi) is 4.76. The summed E-state index contributed by atoms with van der Waals surface area (Å²) in [6.45, 7) is 0. The fourth-order valence-electron chi connectivity index (χ4n) is 4.80. The molecule has 30 heavy (non-hydrogen) atoms. The normalized spacial score (nSPS) is 25.4. The number of hydrogen-bond acceptors (Lipinski definition) is 2. The number of nitrogens with zero attached hydrogens (tertiary/aromatic N) is 1. The van der Waals surface area contributed by atoms with E-state index in [0.29, 0.717) is 10.7 Å². The summed E-state index contributed by atoms with van der Waals surface area (Å²) < 4.78 is 0. The second kappa shape index (κ2) is 7.58. The van der Waals surface area contributed by atoms with Crippen molar-refractivity contribution in [3.05, 3.63) is 113 Å². The second-order valence-corrected chi connectivity index (χ2v) is 8.18. The third kappa shape index (κ3) is 2.98.